The van der Waals surface area contributed by atoms with E-state index in [4.69, 9.17) is 5.84 Å². The minimum Gasteiger partial charge on any atom is -0.271 e. The minimum atomic E-state index is 0.542. The molecule has 1 rings (SSSR count). The van der Waals surface area contributed by atoms with Gasteiger partial charge in [-0.3, -0.25) is 11.3 Å². The molecule has 12 heavy (non-hydrogen) atoms. The molecule has 0 aromatic carbocycles. The summed E-state index contributed by atoms with van der Waals surface area (Å²) >= 11 is 0. The summed E-state index contributed by atoms with van der Waals surface area (Å²) in [6.07, 6.45) is 6.84. The third-order valence-electron chi connectivity index (χ3n) is 2.83. The number of unbranched alkanes of at least 4 members (excludes halogenated alkanes) is 1. The van der Waals surface area contributed by atoms with E-state index in [2.05, 4.69) is 18.9 Å². The van der Waals surface area contributed by atoms with Crippen LogP contribution in [-0.4, -0.2) is 6.04 Å². The molecular formula is C10H20N2. The SMILES string of the molecule is C=CCCCC(NN)C1CC1C. The van der Waals surface area contributed by atoms with Crippen molar-refractivity contribution in [3.63, 3.8) is 0 Å². The zero-order valence-electron chi connectivity index (χ0n) is 7.92. The molecule has 0 aromatic rings. The molecule has 0 bridgehead atoms. The van der Waals surface area contributed by atoms with Crippen molar-refractivity contribution in [1.82, 2.24) is 5.43 Å². The molecule has 1 aliphatic carbocycles. The maximum absolute atomic E-state index is 5.48. The number of hydrogen-bond acceptors (Lipinski definition) is 2. The van der Waals surface area contributed by atoms with Gasteiger partial charge in [0.15, 0.2) is 0 Å². The van der Waals surface area contributed by atoms with Gasteiger partial charge in [-0.1, -0.05) is 13.0 Å². The van der Waals surface area contributed by atoms with Crippen LogP contribution in [0, 0.1) is 11.8 Å². The Morgan fingerprint density at radius 2 is 2.42 bits per heavy atom. The fraction of sp³-hybridized carbons (Fsp3) is 0.800. The number of allylic oxidation sites excluding steroid dienone is 1. The zero-order chi connectivity index (χ0) is 8.97. The normalized spacial score (nSPS) is 29.8. The van der Waals surface area contributed by atoms with Crippen molar-refractivity contribution in [3.8, 4) is 0 Å². The van der Waals surface area contributed by atoms with Crippen LogP contribution in [0.3, 0.4) is 0 Å². The van der Waals surface area contributed by atoms with Crippen molar-refractivity contribution in [1.29, 1.82) is 0 Å². The summed E-state index contributed by atoms with van der Waals surface area (Å²) in [5.41, 5.74) is 2.92. The Kier molecular flexibility index (Phi) is 3.76. The van der Waals surface area contributed by atoms with Gasteiger partial charge in [0.2, 0.25) is 0 Å². The smallest absolute Gasteiger partial charge is 0.0241 e. The second kappa shape index (κ2) is 4.63. The first-order valence-corrected chi connectivity index (χ1v) is 4.86. The van der Waals surface area contributed by atoms with E-state index in [1.165, 1.54) is 19.3 Å². The van der Waals surface area contributed by atoms with Gasteiger partial charge in [-0.15, -0.1) is 6.58 Å². The lowest BCUT2D eigenvalue weighted by Crippen LogP contribution is -2.37. The van der Waals surface area contributed by atoms with Gasteiger partial charge in [0.05, 0.1) is 0 Å². The maximum Gasteiger partial charge on any atom is 0.0241 e. The topological polar surface area (TPSA) is 38.0 Å². The van der Waals surface area contributed by atoms with E-state index in [9.17, 15) is 0 Å². The molecule has 3 unspecified atom stereocenters. The lowest BCUT2D eigenvalue weighted by molar-refractivity contribution is 0.420. The standard InChI is InChI=1S/C10H20N2/c1-3-4-5-6-10(12-11)9-7-8(9)2/h3,8-10,12H,1,4-7,11H2,2H3. The third kappa shape index (κ3) is 2.61. The van der Waals surface area contributed by atoms with Gasteiger partial charge in [0.25, 0.3) is 0 Å². The highest BCUT2D eigenvalue weighted by molar-refractivity contribution is 4.91. The van der Waals surface area contributed by atoms with Crippen LogP contribution < -0.4 is 11.3 Å². The molecule has 0 heterocycles. The van der Waals surface area contributed by atoms with Crippen molar-refractivity contribution in [3.05, 3.63) is 12.7 Å². The average Bonchev–Trinajstić information content (AvgIpc) is 2.77. The molecule has 2 heteroatoms. The van der Waals surface area contributed by atoms with Crippen LogP contribution in [-0.2, 0) is 0 Å². The molecule has 70 valence electrons. The van der Waals surface area contributed by atoms with E-state index < -0.39 is 0 Å². The lowest BCUT2D eigenvalue weighted by atomic mass is 10.0. The number of hydrogen-bond donors (Lipinski definition) is 2. The summed E-state index contributed by atoms with van der Waals surface area (Å²) in [5.74, 6) is 7.20. The number of nitrogens with two attached hydrogens (primary N) is 1. The van der Waals surface area contributed by atoms with Crippen molar-refractivity contribution in [2.45, 2.75) is 38.6 Å². The molecular weight excluding hydrogens is 148 g/mol. The summed E-state index contributed by atoms with van der Waals surface area (Å²) in [5, 5.41) is 0. The van der Waals surface area contributed by atoms with Crippen LogP contribution in [0.2, 0.25) is 0 Å². The predicted octanol–water partition coefficient (Wildman–Crippen LogP) is 1.83. The Labute approximate surface area is 75.2 Å². The molecule has 0 aliphatic heterocycles. The van der Waals surface area contributed by atoms with Gasteiger partial charge >= 0.3 is 0 Å². The summed E-state index contributed by atoms with van der Waals surface area (Å²) in [7, 11) is 0. The molecule has 0 aromatic heterocycles. The van der Waals surface area contributed by atoms with Gasteiger partial charge in [-0.2, -0.15) is 0 Å². The van der Waals surface area contributed by atoms with Gasteiger partial charge in [0, 0.05) is 6.04 Å². The van der Waals surface area contributed by atoms with Gasteiger partial charge < -0.3 is 0 Å². The first-order chi connectivity index (χ1) is 5.79. The Morgan fingerprint density at radius 3 is 2.83 bits per heavy atom. The molecule has 1 fully saturated rings. The predicted molar refractivity (Wildman–Crippen MR) is 52.4 cm³/mol. The molecule has 0 amide bonds. The van der Waals surface area contributed by atoms with Crippen molar-refractivity contribution in [2.75, 3.05) is 0 Å². The van der Waals surface area contributed by atoms with E-state index in [1.807, 2.05) is 6.08 Å². The summed E-state index contributed by atoms with van der Waals surface area (Å²) < 4.78 is 0. The fourth-order valence-corrected chi connectivity index (χ4v) is 1.81. The number of hydrazine groups is 1. The quantitative estimate of drug-likeness (QED) is 0.275. The molecule has 0 spiro atoms. The highest BCUT2D eigenvalue weighted by atomic mass is 15.2. The maximum atomic E-state index is 5.48. The lowest BCUT2D eigenvalue weighted by Gasteiger charge is -2.14. The Morgan fingerprint density at radius 1 is 1.75 bits per heavy atom. The largest absolute Gasteiger partial charge is 0.271 e. The first-order valence-electron chi connectivity index (χ1n) is 4.86. The molecule has 0 radical (unpaired) electrons. The van der Waals surface area contributed by atoms with Gasteiger partial charge in [-0.05, 0) is 37.5 Å². The van der Waals surface area contributed by atoms with Crippen molar-refractivity contribution >= 4 is 0 Å². The van der Waals surface area contributed by atoms with E-state index in [0.717, 1.165) is 18.3 Å². The minimum absolute atomic E-state index is 0.542. The second-order valence-corrected chi connectivity index (χ2v) is 3.87. The van der Waals surface area contributed by atoms with Crippen molar-refractivity contribution in [2.24, 2.45) is 17.7 Å². The van der Waals surface area contributed by atoms with E-state index in [-0.39, 0.29) is 0 Å². The Hall–Kier alpha value is -0.340. The highest BCUT2D eigenvalue weighted by Crippen LogP contribution is 2.41. The van der Waals surface area contributed by atoms with E-state index >= 15 is 0 Å². The van der Waals surface area contributed by atoms with Crippen LogP contribution >= 0.6 is 0 Å². The Bertz CT molecular complexity index is 145. The van der Waals surface area contributed by atoms with Gasteiger partial charge in [-0.25, -0.2) is 0 Å². The average molecular weight is 168 g/mol. The van der Waals surface area contributed by atoms with Crippen molar-refractivity contribution < 1.29 is 0 Å². The van der Waals surface area contributed by atoms with Crippen LogP contribution in [0.1, 0.15) is 32.6 Å². The molecule has 0 saturated heterocycles. The molecule has 2 nitrogen and oxygen atoms in total. The van der Waals surface area contributed by atoms with Crippen LogP contribution in [0.15, 0.2) is 12.7 Å². The van der Waals surface area contributed by atoms with Crippen LogP contribution in [0.25, 0.3) is 0 Å². The number of nitrogens with one attached hydrogen (secondary N) is 1. The number of rotatable bonds is 6. The highest BCUT2D eigenvalue weighted by Gasteiger charge is 2.38. The first kappa shape index (κ1) is 9.75. The summed E-state index contributed by atoms with van der Waals surface area (Å²) in [4.78, 5) is 0. The Balaban J connectivity index is 2.13. The molecule has 1 saturated carbocycles. The molecule has 3 N–H and O–H groups in total. The summed E-state index contributed by atoms with van der Waals surface area (Å²) in [6.45, 7) is 6.00. The molecule has 1 aliphatic rings. The second-order valence-electron chi connectivity index (χ2n) is 3.87. The summed E-state index contributed by atoms with van der Waals surface area (Å²) in [6, 6.07) is 0.542. The van der Waals surface area contributed by atoms with E-state index in [1.54, 1.807) is 0 Å². The third-order valence-corrected chi connectivity index (χ3v) is 2.83. The zero-order valence-corrected chi connectivity index (χ0v) is 7.92. The van der Waals surface area contributed by atoms with Crippen LogP contribution in [0.4, 0.5) is 0 Å². The van der Waals surface area contributed by atoms with E-state index in [0.29, 0.717) is 6.04 Å². The fourth-order valence-electron chi connectivity index (χ4n) is 1.81. The van der Waals surface area contributed by atoms with Crippen LogP contribution in [0.5, 0.6) is 0 Å². The monoisotopic (exact) mass is 168 g/mol. The van der Waals surface area contributed by atoms with Gasteiger partial charge in [0.1, 0.15) is 0 Å². The molecule has 3 atom stereocenters.